The van der Waals surface area contributed by atoms with Gasteiger partial charge in [-0.2, -0.15) is 0 Å². The number of benzene rings is 1. The summed E-state index contributed by atoms with van der Waals surface area (Å²) in [5, 5.41) is 0.418. The average Bonchev–Trinajstić information content (AvgIpc) is 2.36. The SMILES string of the molecule is CCOC(CC)C(Cc1ccc(F)cc1Cl)NN. The van der Waals surface area contributed by atoms with Crippen molar-refractivity contribution in [3.8, 4) is 0 Å². The van der Waals surface area contributed by atoms with Crippen LogP contribution in [0, 0.1) is 5.82 Å². The molecule has 3 N–H and O–H groups in total. The molecule has 0 amide bonds. The van der Waals surface area contributed by atoms with Gasteiger partial charge in [-0.1, -0.05) is 24.6 Å². The monoisotopic (exact) mass is 274 g/mol. The van der Waals surface area contributed by atoms with Gasteiger partial charge >= 0.3 is 0 Å². The second-order valence-corrected chi connectivity index (χ2v) is 4.52. The van der Waals surface area contributed by atoms with Crippen LogP contribution in [0.1, 0.15) is 25.8 Å². The van der Waals surface area contributed by atoms with E-state index in [0.29, 0.717) is 18.1 Å². The van der Waals surface area contributed by atoms with Crippen LogP contribution >= 0.6 is 11.6 Å². The lowest BCUT2D eigenvalue weighted by molar-refractivity contribution is 0.0319. The fourth-order valence-corrected chi connectivity index (χ4v) is 2.20. The van der Waals surface area contributed by atoms with Crippen LogP contribution in [0.25, 0.3) is 0 Å². The lowest BCUT2D eigenvalue weighted by Crippen LogP contribution is -2.46. The molecule has 1 aromatic rings. The third-order valence-electron chi connectivity index (χ3n) is 2.90. The Labute approximate surface area is 112 Å². The molecule has 0 fully saturated rings. The summed E-state index contributed by atoms with van der Waals surface area (Å²) in [5.74, 6) is 5.22. The maximum atomic E-state index is 13.0. The first-order valence-corrected chi connectivity index (χ1v) is 6.51. The molecule has 0 bridgehead atoms. The quantitative estimate of drug-likeness (QED) is 0.594. The van der Waals surface area contributed by atoms with Gasteiger partial charge in [-0.25, -0.2) is 4.39 Å². The van der Waals surface area contributed by atoms with Crippen molar-refractivity contribution in [1.82, 2.24) is 5.43 Å². The largest absolute Gasteiger partial charge is 0.377 e. The van der Waals surface area contributed by atoms with Crippen LogP contribution in [-0.4, -0.2) is 18.8 Å². The molecule has 0 saturated carbocycles. The molecule has 2 atom stereocenters. The Morgan fingerprint density at radius 2 is 2.17 bits per heavy atom. The van der Waals surface area contributed by atoms with Gasteiger partial charge in [0.05, 0.1) is 12.1 Å². The first-order chi connectivity index (χ1) is 8.62. The standard InChI is InChI=1S/C13H20ClFN2O/c1-3-13(18-4-2)12(17-16)7-9-5-6-10(15)8-11(9)14/h5-6,8,12-13,17H,3-4,7,16H2,1-2H3. The van der Waals surface area contributed by atoms with Crippen LogP contribution in [0.3, 0.4) is 0 Å². The Morgan fingerprint density at radius 1 is 1.44 bits per heavy atom. The molecule has 0 saturated heterocycles. The van der Waals surface area contributed by atoms with E-state index in [1.165, 1.54) is 12.1 Å². The number of nitrogens with two attached hydrogens (primary N) is 1. The number of nitrogens with one attached hydrogen (secondary N) is 1. The average molecular weight is 275 g/mol. The molecule has 0 aromatic heterocycles. The molecule has 2 unspecified atom stereocenters. The molecule has 3 nitrogen and oxygen atoms in total. The van der Waals surface area contributed by atoms with Crippen molar-refractivity contribution in [2.75, 3.05) is 6.61 Å². The Kier molecular flexibility index (Phi) is 6.57. The Hall–Kier alpha value is -0.680. The van der Waals surface area contributed by atoms with Gasteiger partial charge in [0, 0.05) is 11.6 Å². The molecule has 102 valence electrons. The first kappa shape index (κ1) is 15.4. The summed E-state index contributed by atoms with van der Waals surface area (Å²) in [6.45, 7) is 4.62. The Balaban J connectivity index is 2.78. The van der Waals surface area contributed by atoms with Crippen molar-refractivity contribution < 1.29 is 9.13 Å². The van der Waals surface area contributed by atoms with E-state index in [2.05, 4.69) is 5.43 Å². The minimum absolute atomic E-state index is 0.0149. The van der Waals surface area contributed by atoms with Crippen molar-refractivity contribution in [2.45, 2.75) is 38.8 Å². The number of hydrogen-bond acceptors (Lipinski definition) is 3. The van der Waals surface area contributed by atoms with E-state index in [0.717, 1.165) is 12.0 Å². The Bertz CT molecular complexity index is 376. The third kappa shape index (κ3) is 4.21. The molecule has 0 aliphatic heterocycles. The van der Waals surface area contributed by atoms with E-state index < -0.39 is 0 Å². The topological polar surface area (TPSA) is 47.3 Å². The zero-order valence-electron chi connectivity index (χ0n) is 10.7. The highest BCUT2D eigenvalue weighted by Crippen LogP contribution is 2.20. The van der Waals surface area contributed by atoms with Gasteiger partial charge in [-0.15, -0.1) is 0 Å². The zero-order valence-corrected chi connectivity index (χ0v) is 11.5. The van der Waals surface area contributed by atoms with Gasteiger partial charge in [-0.05, 0) is 37.5 Å². The van der Waals surface area contributed by atoms with Gasteiger partial charge in [0.15, 0.2) is 0 Å². The van der Waals surface area contributed by atoms with E-state index in [9.17, 15) is 4.39 Å². The summed E-state index contributed by atoms with van der Waals surface area (Å²) in [6, 6.07) is 4.35. The molecule has 0 aliphatic rings. The van der Waals surface area contributed by atoms with Gasteiger partial charge in [-0.3, -0.25) is 11.3 Å². The lowest BCUT2D eigenvalue weighted by atomic mass is 10.00. The molecule has 0 radical (unpaired) electrons. The molecule has 18 heavy (non-hydrogen) atoms. The second-order valence-electron chi connectivity index (χ2n) is 4.12. The van der Waals surface area contributed by atoms with Crippen LogP contribution < -0.4 is 11.3 Å². The van der Waals surface area contributed by atoms with Crippen molar-refractivity contribution in [3.05, 3.63) is 34.6 Å². The van der Waals surface area contributed by atoms with E-state index >= 15 is 0 Å². The smallest absolute Gasteiger partial charge is 0.124 e. The van der Waals surface area contributed by atoms with E-state index in [1.807, 2.05) is 13.8 Å². The molecule has 0 aliphatic carbocycles. The summed E-state index contributed by atoms with van der Waals surface area (Å²) in [6.07, 6.45) is 1.47. The summed E-state index contributed by atoms with van der Waals surface area (Å²) in [7, 11) is 0. The van der Waals surface area contributed by atoms with Crippen molar-refractivity contribution in [1.29, 1.82) is 0 Å². The van der Waals surface area contributed by atoms with Crippen molar-refractivity contribution >= 4 is 11.6 Å². The van der Waals surface area contributed by atoms with Crippen LogP contribution in [-0.2, 0) is 11.2 Å². The molecule has 0 heterocycles. The van der Waals surface area contributed by atoms with Crippen molar-refractivity contribution in [3.63, 3.8) is 0 Å². The van der Waals surface area contributed by atoms with E-state index in [4.69, 9.17) is 22.2 Å². The predicted molar refractivity (Wildman–Crippen MR) is 71.9 cm³/mol. The lowest BCUT2D eigenvalue weighted by Gasteiger charge is -2.25. The van der Waals surface area contributed by atoms with Gasteiger partial charge in [0.1, 0.15) is 5.82 Å². The number of hydrogen-bond donors (Lipinski definition) is 2. The maximum Gasteiger partial charge on any atom is 0.124 e. The van der Waals surface area contributed by atoms with Crippen LogP contribution in [0.15, 0.2) is 18.2 Å². The highest BCUT2D eigenvalue weighted by Gasteiger charge is 2.20. The van der Waals surface area contributed by atoms with Gasteiger partial charge in [0.25, 0.3) is 0 Å². The second kappa shape index (κ2) is 7.69. The van der Waals surface area contributed by atoms with Crippen LogP contribution in [0.5, 0.6) is 0 Å². The minimum Gasteiger partial charge on any atom is -0.377 e. The highest BCUT2D eigenvalue weighted by atomic mass is 35.5. The highest BCUT2D eigenvalue weighted by molar-refractivity contribution is 6.31. The van der Waals surface area contributed by atoms with Crippen LogP contribution in [0.2, 0.25) is 5.02 Å². The van der Waals surface area contributed by atoms with E-state index in [-0.39, 0.29) is 18.0 Å². The van der Waals surface area contributed by atoms with Gasteiger partial charge in [0.2, 0.25) is 0 Å². The Morgan fingerprint density at radius 3 is 2.67 bits per heavy atom. The molecular weight excluding hydrogens is 255 g/mol. The molecule has 5 heteroatoms. The number of hydrazine groups is 1. The fourth-order valence-electron chi connectivity index (χ4n) is 1.95. The van der Waals surface area contributed by atoms with Crippen molar-refractivity contribution in [2.24, 2.45) is 5.84 Å². The molecular formula is C13H20ClFN2O. The maximum absolute atomic E-state index is 13.0. The summed E-state index contributed by atoms with van der Waals surface area (Å²) in [5.41, 5.74) is 3.61. The molecule has 0 spiro atoms. The summed E-state index contributed by atoms with van der Waals surface area (Å²) >= 11 is 6.01. The van der Waals surface area contributed by atoms with Crippen LogP contribution in [0.4, 0.5) is 4.39 Å². The molecule has 1 aromatic carbocycles. The predicted octanol–water partition coefficient (Wildman–Crippen LogP) is 2.67. The molecule has 1 rings (SSSR count). The zero-order chi connectivity index (χ0) is 13.5. The number of rotatable bonds is 7. The third-order valence-corrected chi connectivity index (χ3v) is 3.25. The minimum atomic E-state index is -0.335. The first-order valence-electron chi connectivity index (χ1n) is 6.14. The summed E-state index contributed by atoms with van der Waals surface area (Å²) < 4.78 is 18.6. The summed E-state index contributed by atoms with van der Waals surface area (Å²) in [4.78, 5) is 0. The number of ether oxygens (including phenoxy) is 1. The number of halogens is 2. The fraction of sp³-hybridized carbons (Fsp3) is 0.538. The van der Waals surface area contributed by atoms with Gasteiger partial charge < -0.3 is 4.74 Å². The van der Waals surface area contributed by atoms with E-state index in [1.54, 1.807) is 6.07 Å². The normalized spacial score (nSPS) is 14.5.